The topological polar surface area (TPSA) is 120 Å². The molecular formula is C30H33N5O5. The van der Waals surface area contributed by atoms with Crippen molar-refractivity contribution in [3.63, 3.8) is 0 Å². The Labute approximate surface area is 230 Å². The third kappa shape index (κ3) is 4.80. The van der Waals surface area contributed by atoms with E-state index < -0.39 is 16.7 Å². The number of aromatic hydroxyl groups is 2. The normalized spacial score (nSPS) is 12.7. The van der Waals surface area contributed by atoms with E-state index in [0.717, 1.165) is 5.56 Å². The van der Waals surface area contributed by atoms with E-state index in [1.807, 2.05) is 50.1 Å². The van der Waals surface area contributed by atoms with Crippen molar-refractivity contribution in [2.75, 3.05) is 47.8 Å². The fourth-order valence-corrected chi connectivity index (χ4v) is 5.16. The summed E-state index contributed by atoms with van der Waals surface area (Å²) in [6.45, 7) is 1.83. The first-order valence-electron chi connectivity index (χ1n) is 13.2. The van der Waals surface area contributed by atoms with Gasteiger partial charge < -0.3 is 20.0 Å². The lowest BCUT2D eigenvalue weighted by molar-refractivity contribution is 0.353. The van der Waals surface area contributed by atoms with Crippen LogP contribution in [0.25, 0.3) is 32.7 Å². The second-order valence-corrected chi connectivity index (χ2v) is 10.7. The summed E-state index contributed by atoms with van der Waals surface area (Å²) >= 11 is 0. The Hall–Kier alpha value is -4.28. The molecule has 2 heterocycles. The van der Waals surface area contributed by atoms with Crippen LogP contribution in [0.1, 0.15) is 5.56 Å². The average molecular weight is 544 g/mol. The number of nitrogens with zero attached hydrogens (tertiary/aromatic N) is 5. The lowest BCUT2D eigenvalue weighted by Crippen LogP contribution is -2.39. The molecule has 208 valence electrons. The first-order chi connectivity index (χ1) is 19.1. The standard InChI is InChI=1S/C30H33N5O5/c1-32(2)13-15-34-27(37)20-9-10-21-25-24(20)22(29(34)39)17-23(31-12-11-18-5-7-19(36)8-6-18)26(25)30(40)35(28(21)38)16-14-33(3)4/h5-10,17,36,38H,11-16H2,1-4H3. The minimum absolute atomic E-state index is 0.174. The van der Waals surface area contributed by atoms with Crippen LogP contribution in [0.2, 0.25) is 0 Å². The summed E-state index contributed by atoms with van der Waals surface area (Å²) in [7, 11) is 7.51. The van der Waals surface area contributed by atoms with Gasteiger partial charge in [-0.25, -0.2) is 0 Å². The Morgan fingerprint density at radius 2 is 1.38 bits per heavy atom. The molecule has 0 amide bonds. The molecule has 0 fully saturated rings. The van der Waals surface area contributed by atoms with E-state index in [-0.39, 0.29) is 30.1 Å². The zero-order valence-corrected chi connectivity index (χ0v) is 23.1. The van der Waals surface area contributed by atoms with Gasteiger partial charge in [0.1, 0.15) is 5.75 Å². The summed E-state index contributed by atoms with van der Waals surface area (Å²) in [4.78, 5) is 49.6. The highest BCUT2D eigenvalue weighted by molar-refractivity contribution is 6.15. The molecule has 0 unspecified atom stereocenters. The maximum absolute atomic E-state index is 13.9. The van der Waals surface area contributed by atoms with Crippen molar-refractivity contribution in [2.24, 2.45) is 4.99 Å². The Bertz CT molecular complexity index is 1890. The number of hydrogen-bond acceptors (Lipinski definition) is 8. The van der Waals surface area contributed by atoms with Gasteiger partial charge in [0.2, 0.25) is 5.88 Å². The van der Waals surface area contributed by atoms with Gasteiger partial charge in [-0.3, -0.25) is 28.5 Å². The van der Waals surface area contributed by atoms with Gasteiger partial charge in [-0.1, -0.05) is 12.1 Å². The fourth-order valence-electron chi connectivity index (χ4n) is 5.16. The summed E-state index contributed by atoms with van der Waals surface area (Å²) in [5, 5.41) is 22.5. The van der Waals surface area contributed by atoms with Crippen LogP contribution in [-0.2, 0) is 19.5 Å². The van der Waals surface area contributed by atoms with E-state index in [2.05, 4.69) is 0 Å². The van der Waals surface area contributed by atoms with Crippen molar-refractivity contribution < 1.29 is 10.2 Å². The number of benzene rings is 3. The van der Waals surface area contributed by atoms with Gasteiger partial charge in [0, 0.05) is 54.4 Å². The molecule has 0 saturated heterocycles. The van der Waals surface area contributed by atoms with Gasteiger partial charge in [0.05, 0.1) is 16.3 Å². The number of likely N-dealkylation sites (N-methyl/N-ethyl adjacent to an activating group) is 2. The lowest BCUT2D eigenvalue weighted by atomic mass is 9.90. The molecule has 2 aromatic carbocycles. The Morgan fingerprint density at radius 1 is 0.750 bits per heavy atom. The maximum atomic E-state index is 13.9. The quantitative estimate of drug-likeness (QED) is 0.269. The van der Waals surface area contributed by atoms with Crippen molar-refractivity contribution in [3.8, 4) is 22.8 Å². The lowest BCUT2D eigenvalue weighted by Gasteiger charge is -2.20. The molecule has 0 atom stereocenters. The van der Waals surface area contributed by atoms with Crippen LogP contribution in [0.15, 0.2) is 61.8 Å². The molecule has 0 radical (unpaired) electrons. The van der Waals surface area contributed by atoms with Crippen LogP contribution < -0.4 is 22.0 Å². The molecule has 0 saturated carbocycles. The van der Waals surface area contributed by atoms with Crippen molar-refractivity contribution in [1.82, 2.24) is 18.9 Å². The van der Waals surface area contributed by atoms with Crippen molar-refractivity contribution in [3.05, 3.63) is 84.4 Å². The molecular weight excluding hydrogens is 510 g/mol. The first-order valence-corrected chi connectivity index (χ1v) is 13.2. The number of rotatable bonds is 9. The summed E-state index contributed by atoms with van der Waals surface area (Å²) in [6.07, 6.45) is 0.553. The molecule has 2 N–H and O–H groups in total. The molecule has 2 aliphatic rings. The molecule has 40 heavy (non-hydrogen) atoms. The molecule has 10 nitrogen and oxygen atoms in total. The summed E-state index contributed by atoms with van der Waals surface area (Å²) in [6, 6.07) is 11.7. The van der Waals surface area contributed by atoms with E-state index in [9.17, 15) is 24.6 Å². The molecule has 1 aliphatic heterocycles. The maximum Gasteiger partial charge on any atom is 0.263 e. The molecule has 5 rings (SSSR count). The fraction of sp³-hybridized carbons (Fsp3) is 0.333. The van der Waals surface area contributed by atoms with Crippen LogP contribution >= 0.6 is 0 Å². The Balaban J connectivity index is 1.82. The van der Waals surface area contributed by atoms with Gasteiger partial charge >= 0.3 is 0 Å². The molecule has 1 aliphatic carbocycles. The SMILES string of the molecule is CN(C)CCn1c(O)c2ccc3c4c2c(c(=NCCc2ccc(O)cc2)cc-4c(=O)n(CCN(C)C)c3=O)c1=O. The van der Waals surface area contributed by atoms with E-state index in [1.54, 1.807) is 30.3 Å². The number of phenolic OH excluding ortho intramolecular Hbond substituents is 1. The number of pyridine rings is 2. The summed E-state index contributed by atoms with van der Waals surface area (Å²) in [5.74, 6) is -0.0264. The van der Waals surface area contributed by atoms with E-state index in [0.29, 0.717) is 58.7 Å². The van der Waals surface area contributed by atoms with Gasteiger partial charge in [0.25, 0.3) is 16.7 Å². The van der Waals surface area contributed by atoms with Crippen LogP contribution in [-0.4, -0.2) is 77.0 Å². The van der Waals surface area contributed by atoms with E-state index >= 15 is 0 Å². The van der Waals surface area contributed by atoms with Crippen LogP contribution in [0.3, 0.4) is 0 Å². The van der Waals surface area contributed by atoms with Crippen molar-refractivity contribution >= 4 is 21.5 Å². The molecule has 3 aromatic rings. The zero-order chi connectivity index (χ0) is 28.7. The van der Waals surface area contributed by atoms with Crippen LogP contribution in [0.4, 0.5) is 0 Å². The van der Waals surface area contributed by atoms with Gasteiger partial charge in [0.15, 0.2) is 0 Å². The average Bonchev–Trinajstić information content (AvgIpc) is 2.91. The zero-order valence-electron chi connectivity index (χ0n) is 23.1. The van der Waals surface area contributed by atoms with Gasteiger partial charge in [-0.15, -0.1) is 0 Å². The minimum atomic E-state index is -0.444. The number of aromatic nitrogens is 2. The van der Waals surface area contributed by atoms with Crippen molar-refractivity contribution in [1.29, 1.82) is 0 Å². The second kappa shape index (κ2) is 10.7. The van der Waals surface area contributed by atoms with Gasteiger partial charge in [-0.2, -0.15) is 0 Å². The predicted octanol–water partition coefficient (Wildman–Crippen LogP) is 1.33. The van der Waals surface area contributed by atoms with E-state index in [1.165, 1.54) is 9.13 Å². The minimum Gasteiger partial charge on any atom is -0.508 e. The monoisotopic (exact) mass is 543 g/mol. The van der Waals surface area contributed by atoms with Crippen LogP contribution in [0.5, 0.6) is 11.6 Å². The smallest absolute Gasteiger partial charge is 0.263 e. The van der Waals surface area contributed by atoms with E-state index in [4.69, 9.17) is 4.99 Å². The highest BCUT2D eigenvalue weighted by atomic mass is 16.3. The highest BCUT2D eigenvalue weighted by Crippen LogP contribution is 2.36. The van der Waals surface area contributed by atoms with Gasteiger partial charge in [-0.05, 0) is 70.5 Å². The molecule has 0 bridgehead atoms. The second-order valence-electron chi connectivity index (χ2n) is 10.7. The molecule has 1 aromatic heterocycles. The largest absolute Gasteiger partial charge is 0.508 e. The predicted molar refractivity (Wildman–Crippen MR) is 156 cm³/mol. The Morgan fingerprint density at radius 3 is 2.02 bits per heavy atom. The summed E-state index contributed by atoms with van der Waals surface area (Å²) < 4.78 is 2.56. The molecule has 0 spiro atoms. The number of phenols is 1. The number of hydrogen-bond donors (Lipinski definition) is 2. The third-order valence-corrected chi connectivity index (χ3v) is 7.33. The summed E-state index contributed by atoms with van der Waals surface area (Å²) in [5.41, 5.74) is 0.347. The first kappa shape index (κ1) is 27.3. The molecule has 10 heteroatoms. The third-order valence-electron chi connectivity index (χ3n) is 7.33. The Kier molecular flexibility index (Phi) is 7.31. The highest BCUT2D eigenvalue weighted by Gasteiger charge is 2.26. The van der Waals surface area contributed by atoms with Crippen LogP contribution in [0, 0.1) is 0 Å². The van der Waals surface area contributed by atoms with Crippen molar-refractivity contribution in [2.45, 2.75) is 19.5 Å².